The van der Waals surface area contributed by atoms with Crippen molar-refractivity contribution in [3.05, 3.63) is 52.6 Å². The quantitative estimate of drug-likeness (QED) is 0.809. The smallest absolute Gasteiger partial charge is 0.232 e. The van der Waals surface area contributed by atoms with Crippen LogP contribution in [-0.4, -0.2) is 5.91 Å². The van der Waals surface area contributed by atoms with Gasteiger partial charge in [0.2, 0.25) is 5.91 Å². The minimum absolute atomic E-state index is 0.249. The number of carbonyl (C=O) groups is 1. The third kappa shape index (κ3) is 1.59. The summed E-state index contributed by atoms with van der Waals surface area (Å²) in [5.41, 5.74) is 11.0. The summed E-state index contributed by atoms with van der Waals surface area (Å²) in [6.45, 7) is 6.26. The molecule has 0 bridgehead atoms. The Hall–Kier alpha value is -1.83. The van der Waals surface area contributed by atoms with E-state index in [-0.39, 0.29) is 5.91 Å². The fourth-order valence-corrected chi connectivity index (χ4v) is 3.62. The molecule has 2 N–H and O–H groups in total. The molecule has 1 aromatic rings. The molecule has 19 heavy (non-hydrogen) atoms. The monoisotopic (exact) mass is 253 g/mol. The summed E-state index contributed by atoms with van der Waals surface area (Å²) in [7, 11) is 0. The van der Waals surface area contributed by atoms with E-state index in [1.807, 2.05) is 6.07 Å². The van der Waals surface area contributed by atoms with Crippen LogP contribution in [0.2, 0.25) is 0 Å². The van der Waals surface area contributed by atoms with E-state index in [1.165, 1.54) is 16.7 Å². The summed E-state index contributed by atoms with van der Waals surface area (Å²) in [4.78, 5) is 12.2. The molecule has 1 fully saturated rings. The summed E-state index contributed by atoms with van der Waals surface area (Å²) >= 11 is 0. The van der Waals surface area contributed by atoms with E-state index < -0.39 is 5.41 Å². The average molecular weight is 253 g/mol. The summed E-state index contributed by atoms with van der Waals surface area (Å²) in [6, 6.07) is 6.23. The van der Waals surface area contributed by atoms with E-state index in [2.05, 4.69) is 31.7 Å². The van der Waals surface area contributed by atoms with Crippen molar-refractivity contribution < 1.29 is 4.79 Å². The molecule has 0 aliphatic heterocycles. The topological polar surface area (TPSA) is 43.1 Å². The number of benzene rings is 1. The van der Waals surface area contributed by atoms with Gasteiger partial charge in [-0.05, 0) is 49.3 Å². The maximum Gasteiger partial charge on any atom is 0.232 e. The van der Waals surface area contributed by atoms with Crippen LogP contribution in [0.25, 0.3) is 6.08 Å². The lowest BCUT2D eigenvalue weighted by Crippen LogP contribution is -2.40. The van der Waals surface area contributed by atoms with Gasteiger partial charge in [0.05, 0.1) is 5.41 Å². The van der Waals surface area contributed by atoms with Gasteiger partial charge in [0.1, 0.15) is 0 Å². The van der Waals surface area contributed by atoms with Crippen molar-refractivity contribution in [3.8, 4) is 0 Å². The second-order valence-corrected chi connectivity index (χ2v) is 5.77. The first-order valence-electron chi connectivity index (χ1n) is 6.83. The molecule has 0 saturated heterocycles. The highest BCUT2D eigenvalue weighted by atomic mass is 16.1. The predicted molar refractivity (Wildman–Crippen MR) is 77.7 cm³/mol. The van der Waals surface area contributed by atoms with Crippen LogP contribution in [0, 0.1) is 0 Å². The first-order chi connectivity index (χ1) is 9.05. The Kier molecular flexibility index (Phi) is 2.63. The Balaban J connectivity index is 2.24. The maximum atomic E-state index is 12.2. The molecule has 1 atom stereocenters. The van der Waals surface area contributed by atoms with Crippen molar-refractivity contribution >= 4 is 12.0 Å². The minimum Gasteiger partial charge on any atom is -0.369 e. The summed E-state index contributed by atoms with van der Waals surface area (Å²) < 4.78 is 0. The van der Waals surface area contributed by atoms with Crippen molar-refractivity contribution in [3.63, 3.8) is 0 Å². The number of rotatable bonds is 2. The Morgan fingerprint density at radius 2 is 2.21 bits per heavy atom. The lowest BCUT2D eigenvalue weighted by molar-refractivity contribution is -0.122. The number of carbonyl (C=O) groups excluding carboxylic acids is 1. The summed E-state index contributed by atoms with van der Waals surface area (Å²) in [6.07, 6.45) is 5.86. The van der Waals surface area contributed by atoms with Crippen molar-refractivity contribution in [2.24, 2.45) is 5.73 Å². The van der Waals surface area contributed by atoms with Crippen molar-refractivity contribution in [1.29, 1.82) is 0 Å². The van der Waals surface area contributed by atoms with E-state index in [4.69, 9.17) is 5.73 Å². The molecule has 0 spiro atoms. The Bertz CT molecular complexity index is 612. The zero-order chi connectivity index (χ0) is 13.6. The third-order valence-electron chi connectivity index (χ3n) is 4.57. The van der Waals surface area contributed by atoms with Gasteiger partial charge in [-0.1, -0.05) is 42.0 Å². The van der Waals surface area contributed by atoms with Crippen molar-refractivity contribution in [2.75, 3.05) is 0 Å². The van der Waals surface area contributed by atoms with Gasteiger partial charge in [-0.25, -0.2) is 0 Å². The summed E-state index contributed by atoms with van der Waals surface area (Å²) in [5, 5.41) is 0. The van der Waals surface area contributed by atoms with Crippen LogP contribution in [0.5, 0.6) is 0 Å². The molecule has 1 aromatic carbocycles. The number of hydrogen-bond donors (Lipinski definition) is 1. The second kappa shape index (κ2) is 4.09. The highest BCUT2D eigenvalue weighted by molar-refractivity contribution is 5.93. The van der Waals surface area contributed by atoms with Crippen LogP contribution in [-0.2, 0) is 16.6 Å². The fraction of sp³-hybridized carbons (Fsp3) is 0.353. The molecule has 0 heterocycles. The standard InChI is InChI=1S/C17H19NO/c1-11-9-13-6-3-7-15(14(13)10-11)17(16(18)19)8-4-5-12(17)2/h3,6-7,10H,2,4-5,8-9H2,1H3,(H2,18,19). The molecule has 1 saturated carbocycles. The Labute approximate surface area is 114 Å². The lowest BCUT2D eigenvalue weighted by atomic mass is 9.73. The molecule has 0 aromatic heterocycles. The van der Waals surface area contributed by atoms with E-state index in [0.717, 1.165) is 36.8 Å². The number of allylic oxidation sites excluding steroid dienone is 1. The van der Waals surface area contributed by atoms with E-state index in [9.17, 15) is 4.79 Å². The molecule has 2 aliphatic rings. The molecule has 0 radical (unpaired) electrons. The first kappa shape index (κ1) is 12.2. The van der Waals surface area contributed by atoms with Gasteiger partial charge in [-0.15, -0.1) is 0 Å². The van der Waals surface area contributed by atoms with Crippen molar-refractivity contribution in [2.45, 2.75) is 38.0 Å². The highest BCUT2D eigenvalue weighted by Crippen LogP contribution is 2.47. The lowest BCUT2D eigenvalue weighted by Gasteiger charge is -2.29. The largest absolute Gasteiger partial charge is 0.369 e. The normalized spacial score (nSPS) is 25.3. The molecule has 1 unspecified atom stereocenters. The van der Waals surface area contributed by atoms with E-state index >= 15 is 0 Å². The molecular formula is C17H19NO. The second-order valence-electron chi connectivity index (χ2n) is 5.77. The molecule has 2 nitrogen and oxygen atoms in total. The van der Waals surface area contributed by atoms with Crippen LogP contribution in [0.4, 0.5) is 0 Å². The number of nitrogens with two attached hydrogens (primary N) is 1. The van der Waals surface area contributed by atoms with Gasteiger partial charge in [0.25, 0.3) is 0 Å². The third-order valence-corrected chi connectivity index (χ3v) is 4.57. The van der Waals surface area contributed by atoms with Crippen LogP contribution < -0.4 is 5.73 Å². The van der Waals surface area contributed by atoms with Gasteiger partial charge < -0.3 is 5.73 Å². The SMILES string of the molecule is C=C1CCCC1(C(N)=O)c1cccc2c1C=C(C)C2. The maximum absolute atomic E-state index is 12.2. The molecule has 2 aliphatic carbocycles. The van der Waals surface area contributed by atoms with Gasteiger partial charge in [0.15, 0.2) is 0 Å². The van der Waals surface area contributed by atoms with Crippen molar-refractivity contribution in [1.82, 2.24) is 0 Å². The van der Waals surface area contributed by atoms with Gasteiger partial charge >= 0.3 is 0 Å². The number of fused-ring (bicyclic) bond motifs is 1. The van der Waals surface area contributed by atoms with E-state index in [0.29, 0.717) is 0 Å². The average Bonchev–Trinajstić information content (AvgIpc) is 2.91. The molecule has 98 valence electrons. The molecular weight excluding hydrogens is 234 g/mol. The molecule has 3 rings (SSSR count). The van der Waals surface area contributed by atoms with Crippen LogP contribution in [0.3, 0.4) is 0 Å². The Morgan fingerprint density at radius 1 is 1.42 bits per heavy atom. The minimum atomic E-state index is -0.646. The van der Waals surface area contributed by atoms with Crippen LogP contribution in [0.15, 0.2) is 35.9 Å². The Morgan fingerprint density at radius 3 is 2.84 bits per heavy atom. The number of amides is 1. The zero-order valence-corrected chi connectivity index (χ0v) is 11.3. The molecule has 1 amide bonds. The van der Waals surface area contributed by atoms with Gasteiger partial charge in [0, 0.05) is 0 Å². The number of primary amides is 1. The van der Waals surface area contributed by atoms with Crippen LogP contribution in [0.1, 0.15) is 42.9 Å². The zero-order valence-electron chi connectivity index (χ0n) is 11.3. The fourth-order valence-electron chi connectivity index (χ4n) is 3.62. The summed E-state index contributed by atoms with van der Waals surface area (Å²) in [5.74, 6) is -0.249. The predicted octanol–water partition coefficient (Wildman–Crippen LogP) is 3.11. The van der Waals surface area contributed by atoms with Gasteiger partial charge in [-0.2, -0.15) is 0 Å². The van der Waals surface area contributed by atoms with E-state index in [1.54, 1.807) is 0 Å². The number of hydrogen-bond acceptors (Lipinski definition) is 1. The van der Waals surface area contributed by atoms with Crippen LogP contribution >= 0.6 is 0 Å². The first-order valence-corrected chi connectivity index (χ1v) is 6.83. The van der Waals surface area contributed by atoms with Gasteiger partial charge in [-0.3, -0.25) is 4.79 Å². The highest BCUT2D eigenvalue weighted by Gasteiger charge is 2.45. The molecule has 2 heteroatoms.